The van der Waals surface area contributed by atoms with Gasteiger partial charge in [0.25, 0.3) is 5.69 Å². The van der Waals surface area contributed by atoms with Crippen LogP contribution in [0.4, 0.5) is 11.4 Å². The molecule has 1 aliphatic carbocycles. The fraction of sp³-hybridized carbons (Fsp3) is 0.308. The summed E-state index contributed by atoms with van der Waals surface area (Å²) in [5, 5.41) is 15.1. The molecule has 19 heavy (non-hydrogen) atoms. The van der Waals surface area contributed by atoms with Crippen molar-refractivity contribution in [3.05, 3.63) is 40.6 Å². The second-order valence-corrected chi connectivity index (χ2v) is 4.86. The number of pyridine rings is 1. The van der Waals surface area contributed by atoms with Crippen LogP contribution in [0.1, 0.15) is 12.8 Å². The Morgan fingerprint density at radius 3 is 2.84 bits per heavy atom. The van der Waals surface area contributed by atoms with Crippen molar-refractivity contribution in [2.75, 3.05) is 5.32 Å². The number of non-ortho nitro benzene ring substituents is 1. The second-order valence-electron chi connectivity index (χ2n) is 4.86. The summed E-state index contributed by atoms with van der Waals surface area (Å²) in [6.45, 7) is 0. The highest BCUT2D eigenvalue weighted by atomic mass is 16.6. The van der Waals surface area contributed by atoms with Crippen LogP contribution in [0.3, 0.4) is 0 Å². The third kappa shape index (κ3) is 2.10. The van der Waals surface area contributed by atoms with Crippen LogP contribution < -0.4 is 11.1 Å². The number of hydrogen-bond donors (Lipinski definition) is 2. The SMILES string of the molecule is NC1CC(Nc2ccnc3c([N+](=O)[O-])cccc23)C1. The van der Waals surface area contributed by atoms with Crippen molar-refractivity contribution in [2.24, 2.45) is 5.73 Å². The van der Waals surface area contributed by atoms with Gasteiger partial charge in [0.15, 0.2) is 0 Å². The molecule has 3 rings (SSSR count). The minimum Gasteiger partial charge on any atom is -0.382 e. The van der Waals surface area contributed by atoms with E-state index in [0.717, 1.165) is 23.9 Å². The van der Waals surface area contributed by atoms with Gasteiger partial charge in [-0.3, -0.25) is 10.1 Å². The quantitative estimate of drug-likeness (QED) is 0.649. The molecule has 1 aromatic carbocycles. The number of rotatable bonds is 3. The molecule has 1 heterocycles. The lowest BCUT2D eigenvalue weighted by Gasteiger charge is -2.34. The topological polar surface area (TPSA) is 94.1 Å². The van der Waals surface area contributed by atoms with Gasteiger partial charge in [0.1, 0.15) is 5.52 Å². The van der Waals surface area contributed by atoms with Gasteiger partial charge in [0.05, 0.1) is 4.92 Å². The van der Waals surface area contributed by atoms with Gasteiger partial charge < -0.3 is 11.1 Å². The van der Waals surface area contributed by atoms with Gasteiger partial charge >= 0.3 is 0 Å². The highest BCUT2D eigenvalue weighted by molar-refractivity contribution is 5.96. The first-order chi connectivity index (χ1) is 9.15. The number of nitro benzene ring substituents is 1. The number of nitrogens with two attached hydrogens (primary N) is 1. The Morgan fingerprint density at radius 1 is 1.37 bits per heavy atom. The Kier molecular flexibility index (Phi) is 2.79. The zero-order chi connectivity index (χ0) is 13.4. The molecule has 1 aromatic heterocycles. The first-order valence-corrected chi connectivity index (χ1v) is 6.19. The molecule has 1 saturated carbocycles. The summed E-state index contributed by atoms with van der Waals surface area (Å²) in [6, 6.07) is 7.45. The number of nitrogens with one attached hydrogen (secondary N) is 1. The smallest absolute Gasteiger partial charge is 0.295 e. The van der Waals surface area contributed by atoms with Gasteiger partial charge in [-0.2, -0.15) is 0 Å². The summed E-state index contributed by atoms with van der Waals surface area (Å²) in [7, 11) is 0. The van der Waals surface area contributed by atoms with Crippen LogP contribution in [0.5, 0.6) is 0 Å². The third-order valence-electron chi connectivity index (χ3n) is 3.48. The largest absolute Gasteiger partial charge is 0.382 e. The molecule has 0 spiro atoms. The van der Waals surface area contributed by atoms with Crippen LogP contribution in [-0.2, 0) is 0 Å². The molecule has 98 valence electrons. The Labute approximate surface area is 109 Å². The van der Waals surface area contributed by atoms with Gasteiger partial charge in [-0.15, -0.1) is 0 Å². The van der Waals surface area contributed by atoms with E-state index >= 15 is 0 Å². The number of nitro groups is 1. The van der Waals surface area contributed by atoms with Crippen LogP contribution in [0.25, 0.3) is 10.9 Å². The maximum atomic E-state index is 11.0. The molecule has 0 aliphatic heterocycles. The van der Waals surface area contributed by atoms with Crippen molar-refractivity contribution in [1.82, 2.24) is 4.98 Å². The average Bonchev–Trinajstić information content (AvgIpc) is 2.36. The molecule has 1 fully saturated rings. The minimum absolute atomic E-state index is 0.0338. The standard InChI is InChI=1S/C13H14N4O2/c14-8-6-9(7-8)16-11-4-5-15-13-10(11)2-1-3-12(13)17(18)19/h1-5,8-9H,6-7,14H2,(H,15,16). The van der Waals surface area contributed by atoms with E-state index in [1.807, 2.05) is 12.1 Å². The van der Waals surface area contributed by atoms with Gasteiger partial charge in [0.2, 0.25) is 0 Å². The molecule has 0 radical (unpaired) electrons. The fourth-order valence-electron chi connectivity index (χ4n) is 2.43. The maximum Gasteiger partial charge on any atom is 0.295 e. The molecule has 6 nitrogen and oxygen atoms in total. The maximum absolute atomic E-state index is 11.0. The van der Waals surface area contributed by atoms with Crippen molar-refractivity contribution in [3.8, 4) is 0 Å². The van der Waals surface area contributed by atoms with E-state index in [0.29, 0.717) is 11.6 Å². The van der Waals surface area contributed by atoms with E-state index < -0.39 is 4.92 Å². The molecule has 0 unspecified atom stereocenters. The molecule has 0 saturated heterocycles. The predicted molar refractivity (Wildman–Crippen MR) is 73.0 cm³/mol. The highest BCUT2D eigenvalue weighted by Crippen LogP contribution is 2.31. The van der Waals surface area contributed by atoms with E-state index in [1.54, 1.807) is 12.3 Å². The van der Waals surface area contributed by atoms with Crippen molar-refractivity contribution >= 4 is 22.3 Å². The van der Waals surface area contributed by atoms with Gasteiger partial charge in [-0.1, -0.05) is 12.1 Å². The summed E-state index contributed by atoms with van der Waals surface area (Å²) in [6.07, 6.45) is 3.45. The number of hydrogen-bond acceptors (Lipinski definition) is 5. The molecular formula is C13H14N4O2. The Hall–Kier alpha value is -2.21. The van der Waals surface area contributed by atoms with E-state index in [-0.39, 0.29) is 11.7 Å². The first kappa shape index (κ1) is 11.9. The van der Waals surface area contributed by atoms with Crippen LogP contribution in [0, 0.1) is 10.1 Å². The van der Waals surface area contributed by atoms with Gasteiger partial charge in [-0.05, 0) is 18.9 Å². The zero-order valence-corrected chi connectivity index (χ0v) is 10.2. The summed E-state index contributed by atoms with van der Waals surface area (Å²) >= 11 is 0. The Morgan fingerprint density at radius 2 is 2.16 bits per heavy atom. The lowest BCUT2D eigenvalue weighted by Crippen LogP contribution is -2.44. The summed E-state index contributed by atoms with van der Waals surface area (Å²) in [4.78, 5) is 14.7. The first-order valence-electron chi connectivity index (χ1n) is 6.19. The highest BCUT2D eigenvalue weighted by Gasteiger charge is 2.26. The normalized spacial score (nSPS) is 21.9. The third-order valence-corrected chi connectivity index (χ3v) is 3.48. The number of para-hydroxylation sites is 1. The van der Waals surface area contributed by atoms with Crippen molar-refractivity contribution < 1.29 is 4.92 Å². The summed E-state index contributed by atoms with van der Waals surface area (Å²) < 4.78 is 0. The van der Waals surface area contributed by atoms with Crippen molar-refractivity contribution in [2.45, 2.75) is 24.9 Å². The molecule has 0 amide bonds. The van der Waals surface area contributed by atoms with E-state index in [1.165, 1.54) is 6.07 Å². The monoisotopic (exact) mass is 258 g/mol. The fourth-order valence-corrected chi connectivity index (χ4v) is 2.43. The number of nitrogens with zero attached hydrogens (tertiary/aromatic N) is 2. The number of anilines is 1. The number of aromatic nitrogens is 1. The lowest BCUT2D eigenvalue weighted by atomic mass is 9.87. The molecule has 3 N–H and O–H groups in total. The van der Waals surface area contributed by atoms with Crippen molar-refractivity contribution in [1.29, 1.82) is 0 Å². The molecular weight excluding hydrogens is 244 g/mol. The molecule has 0 bridgehead atoms. The Balaban J connectivity index is 2.01. The van der Waals surface area contributed by atoms with Crippen LogP contribution in [0.15, 0.2) is 30.5 Å². The molecule has 6 heteroatoms. The Bertz CT molecular complexity index is 638. The van der Waals surface area contributed by atoms with Crippen molar-refractivity contribution in [3.63, 3.8) is 0 Å². The lowest BCUT2D eigenvalue weighted by molar-refractivity contribution is -0.383. The van der Waals surface area contributed by atoms with E-state index in [9.17, 15) is 10.1 Å². The zero-order valence-electron chi connectivity index (χ0n) is 10.2. The number of fused-ring (bicyclic) bond motifs is 1. The van der Waals surface area contributed by atoms with E-state index in [4.69, 9.17) is 5.73 Å². The molecule has 2 aromatic rings. The van der Waals surface area contributed by atoms with Crippen LogP contribution in [0.2, 0.25) is 0 Å². The molecule has 1 aliphatic rings. The second kappa shape index (κ2) is 4.47. The average molecular weight is 258 g/mol. The van der Waals surface area contributed by atoms with E-state index in [2.05, 4.69) is 10.3 Å². The minimum atomic E-state index is -0.404. The van der Waals surface area contributed by atoms with Gasteiger partial charge in [-0.25, -0.2) is 4.98 Å². The van der Waals surface area contributed by atoms with Crippen LogP contribution in [-0.4, -0.2) is 22.0 Å². The van der Waals surface area contributed by atoms with Gasteiger partial charge in [0, 0.05) is 35.4 Å². The number of benzene rings is 1. The molecule has 0 atom stereocenters. The predicted octanol–water partition coefficient (Wildman–Crippen LogP) is 2.04. The summed E-state index contributed by atoms with van der Waals surface area (Å²) in [5.41, 5.74) is 7.09. The van der Waals surface area contributed by atoms with Crippen LogP contribution >= 0.6 is 0 Å². The summed E-state index contributed by atoms with van der Waals surface area (Å²) in [5.74, 6) is 0.